The molecule has 0 aromatic carbocycles. The molecular formula is C19H30I2O. The van der Waals surface area contributed by atoms with Crippen molar-refractivity contribution >= 4 is 45.2 Å². The molecule has 0 saturated heterocycles. The first-order valence-corrected chi connectivity index (χ1v) is 11.8. The molecule has 1 N–H and O–H groups in total. The smallest absolute Gasteiger partial charge is 0.0543 e. The van der Waals surface area contributed by atoms with Crippen LogP contribution in [0.1, 0.15) is 65.2 Å². The molecule has 9 atom stereocenters. The normalized spacial score (nSPS) is 61.2. The molecule has 0 aliphatic heterocycles. The lowest BCUT2D eigenvalue weighted by molar-refractivity contribution is -0.119. The highest BCUT2D eigenvalue weighted by atomic mass is 127. The van der Waals surface area contributed by atoms with E-state index in [9.17, 15) is 5.11 Å². The molecule has 126 valence electrons. The summed E-state index contributed by atoms with van der Waals surface area (Å²) in [6.07, 6.45) is 10.6. The first-order valence-electron chi connectivity index (χ1n) is 9.32. The van der Waals surface area contributed by atoms with Crippen molar-refractivity contribution in [3.63, 3.8) is 0 Å². The molecule has 0 aromatic rings. The molecule has 0 radical (unpaired) electrons. The van der Waals surface area contributed by atoms with Crippen molar-refractivity contribution in [2.45, 2.75) is 79.2 Å². The average molecular weight is 528 g/mol. The van der Waals surface area contributed by atoms with E-state index in [4.69, 9.17) is 0 Å². The van der Waals surface area contributed by atoms with E-state index in [0.717, 1.165) is 44.4 Å². The minimum Gasteiger partial charge on any atom is -0.393 e. The Bertz CT molecular complexity index is 455. The number of rotatable bonds is 0. The predicted molar refractivity (Wildman–Crippen MR) is 109 cm³/mol. The summed E-state index contributed by atoms with van der Waals surface area (Å²) in [6.45, 7) is 5.21. The van der Waals surface area contributed by atoms with E-state index in [0.29, 0.717) is 10.8 Å². The van der Waals surface area contributed by atoms with Crippen LogP contribution < -0.4 is 0 Å². The summed E-state index contributed by atoms with van der Waals surface area (Å²) in [7, 11) is 0. The number of halogens is 2. The van der Waals surface area contributed by atoms with Gasteiger partial charge in [-0.1, -0.05) is 59.0 Å². The molecule has 5 unspecified atom stereocenters. The molecule has 0 spiro atoms. The molecule has 1 nitrogen and oxygen atoms in total. The van der Waals surface area contributed by atoms with Crippen LogP contribution in [0.2, 0.25) is 0 Å². The summed E-state index contributed by atoms with van der Waals surface area (Å²) >= 11 is 5.51. The molecule has 0 bridgehead atoms. The highest BCUT2D eigenvalue weighted by Crippen LogP contribution is 2.67. The number of aliphatic hydroxyl groups is 1. The fraction of sp³-hybridized carbons (Fsp3) is 1.00. The van der Waals surface area contributed by atoms with E-state index in [-0.39, 0.29) is 6.10 Å². The third-order valence-electron chi connectivity index (χ3n) is 8.50. The second kappa shape index (κ2) is 5.72. The maximum atomic E-state index is 10.1. The lowest BCUT2D eigenvalue weighted by atomic mass is 9.45. The summed E-state index contributed by atoms with van der Waals surface area (Å²) in [6, 6.07) is 0. The minimum atomic E-state index is -0.00702. The number of fused-ring (bicyclic) bond motifs is 5. The second-order valence-electron chi connectivity index (χ2n) is 9.28. The number of hydrogen-bond donors (Lipinski definition) is 1. The molecule has 4 aliphatic rings. The summed E-state index contributed by atoms with van der Waals surface area (Å²) in [5, 5.41) is 10.1. The van der Waals surface area contributed by atoms with Crippen LogP contribution in [-0.2, 0) is 0 Å². The molecular weight excluding hydrogens is 498 g/mol. The molecule has 4 fully saturated rings. The number of hydrogen-bond acceptors (Lipinski definition) is 1. The van der Waals surface area contributed by atoms with E-state index in [1.54, 1.807) is 0 Å². The van der Waals surface area contributed by atoms with Crippen molar-refractivity contribution in [2.75, 3.05) is 0 Å². The molecule has 0 amide bonds. The fourth-order valence-electron chi connectivity index (χ4n) is 7.14. The van der Waals surface area contributed by atoms with Crippen molar-refractivity contribution in [1.82, 2.24) is 0 Å². The summed E-state index contributed by atoms with van der Waals surface area (Å²) < 4.78 is 1.75. The van der Waals surface area contributed by atoms with Gasteiger partial charge in [-0.15, -0.1) is 0 Å². The Morgan fingerprint density at radius 1 is 0.864 bits per heavy atom. The molecule has 4 rings (SSSR count). The van der Waals surface area contributed by atoms with Gasteiger partial charge in [0, 0.05) is 7.85 Å². The van der Waals surface area contributed by atoms with Crippen LogP contribution >= 0.6 is 45.2 Å². The zero-order valence-corrected chi connectivity index (χ0v) is 18.2. The first kappa shape index (κ1) is 16.9. The third-order valence-corrected chi connectivity index (χ3v) is 13.4. The molecule has 0 aromatic heterocycles. The van der Waals surface area contributed by atoms with Crippen LogP contribution in [0.15, 0.2) is 0 Å². The monoisotopic (exact) mass is 528 g/mol. The molecule has 0 heterocycles. The van der Waals surface area contributed by atoms with Crippen molar-refractivity contribution in [1.29, 1.82) is 0 Å². The van der Waals surface area contributed by atoms with Gasteiger partial charge in [0.1, 0.15) is 0 Å². The van der Waals surface area contributed by atoms with Crippen molar-refractivity contribution in [3.8, 4) is 0 Å². The summed E-state index contributed by atoms with van der Waals surface area (Å²) in [4.78, 5) is 0. The Morgan fingerprint density at radius 3 is 2.36 bits per heavy atom. The van der Waals surface area contributed by atoms with Crippen LogP contribution in [0.5, 0.6) is 0 Å². The van der Waals surface area contributed by atoms with Gasteiger partial charge in [0.05, 0.1) is 6.10 Å². The van der Waals surface area contributed by atoms with Crippen LogP contribution in [0.3, 0.4) is 0 Å². The minimum absolute atomic E-state index is 0.00702. The number of alkyl halides is 2. The van der Waals surface area contributed by atoms with Crippen LogP contribution in [0.25, 0.3) is 0 Å². The van der Waals surface area contributed by atoms with Crippen LogP contribution in [-0.4, -0.2) is 19.1 Å². The van der Waals surface area contributed by atoms with Gasteiger partial charge in [-0.25, -0.2) is 0 Å². The Labute approximate surface area is 163 Å². The van der Waals surface area contributed by atoms with E-state index in [1.165, 1.54) is 38.5 Å². The first-order chi connectivity index (χ1) is 10.4. The topological polar surface area (TPSA) is 20.2 Å². The molecule has 4 aliphatic carbocycles. The maximum Gasteiger partial charge on any atom is 0.0543 e. The van der Waals surface area contributed by atoms with E-state index >= 15 is 0 Å². The SMILES string of the molecule is C[C@]12CC[C@H](O)CC1CCC1C2CC[C@@]2(C)C1C[C@@H](I)C2I. The fourth-order valence-corrected chi connectivity index (χ4v) is 9.58. The van der Waals surface area contributed by atoms with Gasteiger partial charge in [-0.05, 0) is 85.9 Å². The Morgan fingerprint density at radius 2 is 1.59 bits per heavy atom. The average Bonchev–Trinajstić information content (AvgIpc) is 2.72. The zero-order valence-electron chi connectivity index (χ0n) is 13.9. The lowest BCUT2D eigenvalue weighted by Crippen LogP contribution is -2.54. The van der Waals surface area contributed by atoms with Crippen molar-refractivity contribution in [3.05, 3.63) is 0 Å². The van der Waals surface area contributed by atoms with Crippen molar-refractivity contribution < 1.29 is 5.11 Å². The summed E-state index contributed by atoms with van der Waals surface area (Å²) in [5.41, 5.74) is 1.14. The van der Waals surface area contributed by atoms with Gasteiger partial charge >= 0.3 is 0 Å². The Balaban J connectivity index is 1.63. The van der Waals surface area contributed by atoms with Gasteiger partial charge in [0.2, 0.25) is 0 Å². The lowest BCUT2D eigenvalue weighted by Gasteiger charge is -2.60. The summed E-state index contributed by atoms with van der Waals surface area (Å²) in [5.74, 6) is 3.70. The highest BCUT2D eigenvalue weighted by Gasteiger charge is 2.61. The Hall–Kier alpha value is 1.42. The maximum absolute atomic E-state index is 10.1. The Kier molecular flexibility index (Phi) is 4.38. The van der Waals surface area contributed by atoms with Gasteiger partial charge in [-0.2, -0.15) is 0 Å². The van der Waals surface area contributed by atoms with E-state index < -0.39 is 0 Å². The quantitative estimate of drug-likeness (QED) is 0.321. The van der Waals surface area contributed by atoms with Crippen LogP contribution in [0.4, 0.5) is 0 Å². The predicted octanol–water partition coefficient (Wildman–Crippen LogP) is 5.61. The second-order valence-corrected chi connectivity index (χ2v) is 12.2. The van der Waals surface area contributed by atoms with Crippen LogP contribution in [0, 0.1) is 34.5 Å². The van der Waals surface area contributed by atoms with Gasteiger partial charge in [-0.3, -0.25) is 0 Å². The number of aliphatic hydroxyl groups excluding tert-OH is 1. The van der Waals surface area contributed by atoms with E-state index in [1.807, 2.05) is 0 Å². The molecule has 22 heavy (non-hydrogen) atoms. The van der Waals surface area contributed by atoms with E-state index in [2.05, 4.69) is 59.0 Å². The van der Waals surface area contributed by atoms with Gasteiger partial charge in [0.15, 0.2) is 0 Å². The molecule has 3 heteroatoms. The zero-order chi connectivity index (χ0) is 15.7. The van der Waals surface area contributed by atoms with Gasteiger partial charge < -0.3 is 5.11 Å². The molecule has 4 saturated carbocycles. The third kappa shape index (κ3) is 2.29. The van der Waals surface area contributed by atoms with Crippen molar-refractivity contribution in [2.24, 2.45) is 34.5 Å². The highest BCUT2D eigenvalue weighted by molar-refractivity contribution is 14.1. The standard InChI is InChI=1S/C19H30I2O/c1-18-7-5-12(22)9-11(18)3-4-13-14(18)6-8-19(2)15(13)10-16(20)17(19)21/h11-17,22H,3-10H2,1-2H3/t11?,12-,13?,14?,15?,16+,17?,18-,19-/m0/s1. The van der Waals surface area contributed by atoms with Gasteiger partial charge in [0.25, 0.3) is 0 Å². The largest absolute Gasteiger partial charge is 0.393 e.